The van der Waals surface area contributed by atoms with Crippen LogP contribution in [0.15, 0.2) is 0 Å². The average Bonchev–Trinajstić information content (AvgIpc) is 2.91. The van der Waals surface area contributed by atoms with Crippen LogP contribution in [-0.2, 0) is 9.59 Å². The van der Waals surface area contributed by atoms with E-state index in [4.69, 9.17) is 0 Å². The lowest BCUT2D eigenvalue weighted by molar-refractivity contribution is -0.149. The van der Waals surface area contributed by atoms with Crippen LogP contribution in [-0.4, -0.2) is 27.6 Å². The van der Waals surface area contributed by atoms with Crippen molar-refractivity contribution in [2.24, 2.45) is 40.9 Å². The predicted molar refractivity (Wildman–Crippen MR) is 100 cm³/mol. The highest BCUT2D eigenvalue weighted by Crippen LogP contribution is 2.64. The minimum atomic E-state index is -0.659. The molecule has 4 rings (SSSR count). The Labute approximate surface area is 159 Å². The number of hydrogen-bond acceptors (Lipinski definition) is 3. The van der Waals surface area contributed by atoms with E-state index in [1.54, 1.807) is 0 Å². The van der Waals surface area contributed by atoms with E-state index in [1.165, 1.54) is 6.42 Å². The summed E-state index contributed by atoms with van der Waals surface area (Å²) in [5, 5.41) is 10.9. The molecule has 0 saturated heterocycles. The van der Waals surface area contributed by atoms with Crippen molar-refractivity contribution in [3.8, 4) is 0 Å². The molecular weight excluding hydrogens is 380 g/mol. The van der Waals surface area contributed by atoms with Gasteiger partial charge in [0.25, 0.3) is 0 Å². The molecule has 0 aliphatic heterocycles. The van der Waals surface area contributed by atoms with E-state index in [2.05, 4.69) is 22.9 Å². The normalized spacial score (nSPS) is 52.2. The summed E-state index contributed by atoms with van der Waals surface area (Å²) >= 11 is 3.37. The van der Waals surface area contributed by atoms with Crippen LogP contribution >= 0.6 is 15.9 Å². The van der Waals surface area contributed by atoms with E-state index in [9.17, 15) is 14.7 Å². The molecule has 8 atom stereocenters. The maximum atomic E-state index is 13.0. The fourth-order valence-corrected chi connectivity index (χ4v) is 7.81. The highest BCUT2D eigenvalue weighted by Gasteiger charge is 2.60. The van der Waals surface area contributed by atoms with Gasteiger partial charge in [0.15, 0.2) is 0 Å². The number of fused-ring (bicyclic) bond motifs is 5. The molecule has 4 aliphatic carbocycles. The molecule has 0 bridgehead atoms. The number of aliphatic hydroxyl groups is 1. The van der Waals surface area contributed by atoms with Gasteiger partial charge >= 0.3 is 0 Å². The molecule has 4 saturated carbocycles. The van der Waals surface area contributed by atoms with Crippen molar-refractivity contribution in [1.82, 2.24) is 0 Å². The molecular formula is C21H31BrO3. The van der Waals surface area contributed by atoms with Crippen LogP contribution in [0.25, 0.3) is 0 Å². The van der Waals surface area contributed by atoms with Crippen LogP contribution in [0.2, 0.25) is 0 Å². The Balaban J connectivity index is 1.59. The average molecular weight is 411 g/mol. The van der Waals surface area contributed by atoms with Crippen molar-refractivity contribution in [3.63, 3.8) is 0 Å². The van der Waals surface area contributed by atoms with Crippen LogP contribution in [0, 0.1) is 40.9 Å². The number of halogens is 1. The third-order valence-electron chi connectivity index (χ3n) is 8.61. The van der Waals surface area contributed by atoms with Gasteiger partial charge in [-0.05, 0) is 81.0 Å². The fourth-order valence-electron chi connectivity index (χ4n) is 7.42. The molecule has 3 nitrogen and oxygen atoms in total. The molecule has 140 valence electrons. The molecule has 4 fully saturated rings. The summed E-state index contributed by atoms with van der Waals surface area (Å²) in [4.78, 5) is 25.4. The zero-order chi connectivity index (χ0) is 18.0. The second kappa shape index (κ2) is 6.15. The number of alkyl halides is 1. The number of Topliss-reactive ketones (excluding diaryl/α,β-unsaturated/α-hetero) is 2. The Bertz CT molecular complexity index is 586. The highest BCUT2D eigenvalue weighted by molar-refractivity contribution is 9.09. The summed E-state index contributed by atoms with van der Waals surface area (Å²) in [7, 11) is 0. The van der Waals surface area contributed by atoms with Gasteiger partial charge < -0.3 is 5.11 Å². The fraction of sp³-hybridized carbons (Fsp3) is 0.905. The third kappa shape index (κ3) is 2.77. The Hall–Kier alpha value is -0.220. The van der Waals surface area contributed by atoms with Crippen molar-refractivity contribution in [2.45, 2.75) is 70.8 Å². The molecule has 0 aromatic rings. The van der Waals surface area contributed by atoms with Crippen LogP contribution in [0.4, 0.5) is 0 Å². The van der Waals surface area contributed by atoms with E-state index in [0.29, 0.717) is 53.4 Å². The number of hydrogen-bond donors (Lipinski definition) is 1. The van der Waals surface area contributed by atoms with Gasteiger partial charge in [-0.15, -0.1) is 0 Å². The summed E-state index contributed by atoms with van der Waals surface area (Å²) in [6, 6.07) is 0. The maximum Gasteiger partial charge on any atom is 0.147 e. The molecule has 8 unspecified atom stereocenters. The Morgan fingerprint density at radius 3 is 2.56 bits per heavy atom. The van der Waals surface area contributed by atoms with Gasteiger partial charge in [-0.2, -0.15) is 0 Å². The Morgan fingerprint density at radius 2 is 1.84 bits per heavy atom. The van der Waals surface area contributed by atoms with Gasteiger partial charge in [0.2, 0.25) is 0 Å². The summed E-state index contributed by atoms with van der Waals surface area (Å²) in [5.74, 6) is 3.13. The number of carbonyl (C=O) groups excluding carboxylic acids is 2. The van der Waals surface area contributed by atoms with Crippen molar-refractivity contribution in [2.75, 3.05) is 5.33 Å². The van der Waals surface area contributed by atoms with Crippen molar-refractivity contribution >= 4 is 27.5 Å². The first-order valence-corrected chi connectivity index (χ1v) is 11.2. The van der Waals surface area contributed by atoms with Crippen LogP contribution < -0.4 is 0 Å². The largest absolute Gasteiger partial charge is 0.390 e. The standard InChI is InChI=1S/C21H31BrO3/c1-20(25)7-5-13-12-6-8-21(2)16(3-4-17(21)19(24)11-22)14(12)9-18(23)15(13)10-20/h12-17,25H,3-11H2,1-2H3. The van der Waals surface area contributed by atoms with E-state index < -0.39 is 5.60 Å². The van der Waals surface area contributed by atoms with Crippen LogP contribution in [0.5, 0.6) is 0 Å². The highest BCUT2D eigenvalue weighted by atomic mass is 79.9. The molecule has 0 radical (unpaired) electrons. The molecule has 4 aliphatic rings. The predicted octanol–water partition coefficient (Wildman–Crippen LogP) is 4.15. The molecule has 1 N–H and O–H groups in total. The lowest BCUT2D eigenvalue weighted by Gasteiger charge is -2.56. The lowest BCUT2D eigenvalue weighted by atomic mass is 9.48. The minimum absolute atomic E-state index is 0.0794. The number of rotatable bonds is 2. The first-order chi connectivity index (χ1) is 11.8. The molecule has 0 spiro atoms. The summed E-state index contributed by atoms with van der Waals surface area (Å²) < 4.78 is 0. The molecule has 0 heterocycles. The van der Waals surface area contributed by atoms with Crippen LogP contribution in [0.3, 0.4) is 0 Å². The van der Waals surface area contributed by atoms with Gasteiger partial charge in [-0.3, -0.25) is 9.59 Å². The molecule has 0 amide bonds. The topological polar surface area (TPSA) is 54.4 Å². The van der Waals surface area contributed by atoms with E-state index in [-0.39, 0.29) is 17.3 Å². The van der Waals surface area contributed by atoms with Gasteiger partial charge in [-0.25, -0.2) is 0 Å². The summed E-state index contributed by atoms with van der Waals surface area (Å²) in [5.41, 5.74) is -0.563. The van der Waals surface area contributed by atoms with Gasteiger partial charge in [-0.1, -0.05) is 22.9 Å². The summed E-state index contributed by atoms with van der Waals surface area (Å²) in [6.07, 6.45) is 7.60. The third-order valence-corrected chi connectivity index (χ3v) is 9.16. The zero-order valence-electron chi connectivity index (χ0n) is 15.5. The first-order valence-electron chi connectivity index (χ1n) is 10.1. The van der Waals surface area contributed by atoms with Gasteiger partial charge in [0.05, 0.1) is 10.9 Å². The Morgan fingerprint density at radius 1 is 1.12 bits per heavy atom. The van der Waals surface area contributed by atoms with Crippen LogP contribution in [0.1, 0.15) is 65.2 Å². The Kier molecular flexibility index (Phi) is 4.47. The molecule has 0 aromatic carbocycles. The smallest absolute Gasteiger partial charge is 0.147 e. The first kappa shape index (κ1) is 18.2. The number of ketones is 2. The minimum Gasteiger partial charge on any atom is -0.390 e. The number of carbonyl (C=O) groups is 2. The van der Waals surface area contributed by atoms with Gasteiger partial charge in [0.1, 0.15) is 11.6 Å². The lowest BCUT2D eigenvalue weighted by Crippen LogP contribution is -2.53. The molecule has 0 aromatic heterocycles. The molecule has 25 heavy (non-hydrogen) atoms. The van der Waals surface area contributed by atoms with E-state index in [0.717, 1.165) is 32.1 Å². The second-order valence-electron chi connectivity index (χ2n) is 9.89. The zero-order valence-corrected chi connectivity index (χ0v) is 17.1. The van der Waals surface area contributed by atoms with Crippen molar-refractivity contribution in [3.05, 3.63) is 0 Å². The van der Waals surface area contributed by atoms with Crippen molar-refractivity contribution in [1.29, 1.82) is 0 Å². The summed E-state index contributed by atoms with van der Waals surface area (Å²) in [6.45, 7) is 4.22. The van der Waals surface area contributed by atoms with Crippen molar-refractivity contribution < 1.29 is 14.7 Å². The van der Waals surface area contributed by atoms with Gasteiger partial charge in [0, 0.05) is 18.3 Å². The maximum absolute atomic E-state index is 13.0. The second-order valence-corrected chi connectivity index (χ2v) is 10.4. The molecule has 4 heteroatoms. The van der Waals surface area contributed by atoms with E-state index >= 15 is 0 Å². The SMILES string of the molecule is CC1(O)CCC2C(C1)C(=O)CC1C2CCC2(C)C(C(=O)CBr)CCC12. The quantitative estimate of drug-likeness (QED) is 0.695. The monoisotopic (exact) mass is 410 g/mol. The van der Waals surface area contributed by atoms with E-state index in [1.807, 2.05) is 6.92 Å².